The molecule has 1 aromatic rings. The SMILES string of the molecule is COc1cc(NC(C)(C)C2CC2)nc(N)n1. The molecule has 0 saturated heterocycles. The Kier molecular flexibility index (Phi) is 2.61. The number of ether oxygens (including phenoxy) is 1. The molecule has 0 aromatic carbocycles. The van der Waals surface area contributed by atoms with Gasteiger partial charge in [-0.3, -0.25) is 0 Å². The summed E-state index contributed by atoms with van der Waals surface area (Å²) in [7, 11) is 1.57. The summed E-state index contributed by atoms with van der Waals surface area (Å²) in [5.74, 6) is 2.16. The number of nitrogen functional groups attached to an aromatic ring is 1. The van der Waals surface area contributed by atoms with Crippen molar-refractivity contribution >= 4 is 11.8 Å². The Morgan fingerprint density at radius 3 is 2.69 bits per heavy atom. The predicted octanol–water partition coefficient (Wildman–Crippen LogP) is 1.67. The van der Waals surface area contributed by atoms with Crippen LogP contribution >= 0.6 is 0 Å². The van der Waals surface area contributed by atoms with Gasteiger partial charge >= 0.3 is 0 Å². The zero-order valence-corrected chi connectivity index (χ0v) is 9.95. The van der Waals surface area contributed by atoms with Crippen molar-refractivity contribution in [1.82, 2.24) is 9.97 Å². The van der Waals surface area contributed by atoms with Crippen molar-refractivity contribution in [2.45, 2.75) is 32.2 Å². The third-order valence-electron chi connectivity index (χ3n) is 2.98. The van der Waals surface area contributed by atoms with Crippen molar-refractivity contribution in [2.75, 3.05) is 18.2 Å². The van der Waals surface area contributed by atoms with Crippen LogP contribution in [0.2, 0.25) is 0 Å². The topological polar surface area (TPSA) is 73.1 Å². The van der Waals surface area contributed by atoms with Crippen molar-refractivity contribution in [1.29, 1.82) is 0 Å². The molecule has 0 amide bonds. The Morgan fingerprint density at radius 1 is 1.44 bits per heavy atom. The van der Waals surface area contributed by atoms with Crippen molar-refractivity contribution in [3.05, 3.63) is 6.07 Å². The fraction of sp³-hybridized carbons (Fsp3) is 0.636. The van der Waals surface area contributed by atoms with Gasteiger partial charge < -0.3 is 15.8 Å². The Bertz CT molecular complexity index is 388. The summed E-state index contributed by atoms with van der Waals surface area (Å²) >= 11 is 0. The molecule has 0 spiro atoms. The molecule has 1 fully saturated rings. The summed E-state index contributed by atoms with van der Waals surface area (Å²) in [6.07, 6.45) is 2.55. The number of aromatic nitrogens is 2. The molecule has 1 aromatic heterocycles. The van der Waals surface area contributed by atoms with E-state index < -0.39 is 0 Å². The average molecular weight is 222 g/mol. The van der Waals surface area contributed by atoms with Gasteiger partial charge in [-0.05, 0) is 32.6 Å². The van der Waals surface area contributed by atoms with Crippen LogP contribution in [-0.4, -0.2) is 22.6 Å². The Balaban J connectivity index is 2.16. The van der Waals surface area contributed by atoms with Gasteiger partial charge in [0.15, 0.2) is 0 Å². The Morgan fingerprint density at radius 2 is 2.12 bits per heavy atom. The van der Waals surface area contributed by atoms with Gasteiger partial charge in [0.1, 0.15) is 5.82 Å². The van der Waals surface area contributed by atoms with E-state index in [1.54, 1.807) is 13.2 Å². The van der Waals surface area contributed by atoms with Crippen LogP contribution in [0.3, 0.4) is 0 Å². The molecule has 2 rings (SSSR count). The maximum atomic E-state index is 5.60. The molecular formula is C11H18N4O. The van der Waals surface area contributed by atoms with E-state index >= 15 is 0 Å². The monoisotopic (exact) mass is 222 g/mol. The van der Waals surface area contributed by atoms with E-state index in [0.717, 1.165) is 11.7 Å². The van der Waals surface area contributed by atoms with Crippen LogP contribution in [0.25, 0.3) is 0 Å². The second-order valence-corrected chi connectivity index (χ2v) is 4.77. The first kappa shape index (κ1) is 11.0. The highest BCUT2D eigenvalue weighted by atomic mass is 16.5. The van der Waals surface area contributed by atoms with Gasteiger partial charge in [-0.1, -0.05) is 0 Å². The molecule has 1 saturated carbocycles. The molecule has 0 unspecified atom stereocenters. The first-order valence-electron chi connectivity index (χ1n) is 5.48. The zero-order chi connectivity index (χ0) is 11.8. The second-order valence-electron chi connectivity index (χ2n) is 4.77. The number of nitrogens with zero attached hydrogens (tertiary/aromatic N) is 2. The first-order chi connectivity index (χ1) is 7.51. The first-order valence-corrected chi connectivity index (χ1v) is 5.48. The van der Waals surface area contributed by atoms with Crippen LogP contribution in [0.15, 0.2) is 6.07 Å². The van der Waals surface area contributed by atoms with Crippen molar-refractivity contribution in [3.8, 4) is 5.88 Å². The van der Waals surface area contributed by atoms with Crippen LogP contribution in [0.5, 0.6) is 5.88 Å². The standard InChI is InChI=1S/C11H18N4O/c1-11(2,7-4-5-7)15-8-6-9(16-3)14-10(12)13-8/h6-7H,4-5H2,1-3H3,(H3,12,13,14,15). The van der Waals surface area contributed by atoms with Crippen LogP contribution in [-0.2, 0) is 0 Å². The minimum atomic E-state index is 0.0474. The molecule has 16 heavy (non-hydrogen) atoms. The Labute approximate surface area is 95.4 Å². The van der Waals surface area contributed by atoms with Crippen molar-refractivity contribution in [2.24, 2.45) is 5.92 Å². The molecule has 5 heteroatoms. The van der Waals surface area contributed by atoms with E-state index in [2.05, 4.69) is 29.1 Å². The van der Waals surface area contributed by atoms with Gasteiger partial charge in [0, 0.05) is 11.6 Å². The second kappa shape index (κ2) is 3.81. The minimum absolute atomic E-state index is 0.0474. The zero-order valence-electron chi connectivity index (χ0n) is 9.95. The summed E-state index contributed by atoms with van der Waals surface area (Å²) in [4.78, 5) is 8.10. The van der Waals surface area contributed by atoms with Gasteiger partial charge in [-0.2, -0.15) is 9.97 Å². The van der Waals surface area contributed by atoms with Gasteiger partial charge in [0.2, 0.25) is 11.8 Å². The van der Waals surface area contributed by atoms with Gasteiger partial charge in [-0.25, -0.2) is 0 Å². The summed E-state index contributed by atoms with van der Waals surface area (Å²) in [6.45, 7) is 4.35. The lowest BCUT2D eigenvalue weighted by Crippen LogP contribution is -2.33. The molecule has 0 radical (unpaired) electrons. The molecular weight excluding hydrogens is 204 g/mol. The highest BCUT2D eigenvalue weighted by Gasteiger charge is 2.37. The number of hydrogen-bond donors (Lipinski definition) is 2. The summed E-state index contributed by atoms with van der Waals surface area (Å²) in [5.41, 5.74) is 5.65. The summed E-state index contributed by atoms with van der Waals surface area (Å²) in [5, 5.41) is 3.38. The van der Waals surface area contributed by atoms with E-state index in [1.165, 1.54) is 12.8 Å². The summed E-state index contributed by atoms with van der Waals surface area (Å²) < 4.78 is 5.06. The lowest BCUT2D eigenvalue weighted by atomic mass is 9.99. The van der Waals surface area contributed by atoms with E-state index in [1.807, 2.05) is 0 Å². The molecule has 1 aliphatic carbocycles. The van der Waals surface area contributed by atoms with E-state index in [-0.39, 0.29) is 11.5 Å². The number of nitrogens with two attached hydrogens (primary N) is 1. The lowest BCUT2D eigenvalue weighted by Gasteiger charge is -2.26. The summed E-state index contributed by atoms with van der Waals surface area (Å²) in [6, 6.07) is 1.76. The fourth-order valence-corrected chi connectivity index (χ4v) is 1.85. The smallest absolute Gasteiger partial charge is 0.225 e. The quantitative estimate of drug-likeness (QED) is 0.810. The molecule has 0 bridgehead atoms. The number of hydrogen-bond acceptors (Lipinski definition) is 5. The van der Waals surface area contributed by atoms with Crippen LogP contribution < -0.4 is 15.8 Å². The predicted molar refractivity (Wildman–Crippen MR) is 63.4 cm³/mol. The van der Waals surface area contributed by atoms with Crippen LogP contribution in [0, 0.1) is 5.92 Å². The number of anilines is 2. The fourth-order valence-electron chi connectivity index (χ4n) is 1.85. The largest absolute Gasteiger partial charge is 0.481 e. The highest BCUT2D eigenvalue weighted by Crippen LogP contribution is 2.41. The van der Waals surface area contributed by atoms with Gasteiger partial charge in [0.25, 0.3) is 0 Å². The number of nitrogens with one attached hydrogen (secondary N) is 1. The number of methoxy groups -OCH3 is 1. The highest BCUT2D eigenvalue weighted by molar-refractivity contribution is 5.45. The van der Waals surface area contributed by atoms with Crippen LogP contribution in [0.4, 0.5) is 11.8 Å². The molecule has 0 aliphatic heterocycles. The van der Waals surface area contributed by atoms with Gasteiger partial charge in [-0.15, -0.1) is 0 Å². The Hall–Kier alpha value is -1.52. The molecule has 88 valence electrons. The van der Waals surface area contributed by atoms with E-state index in [4.69, 9.17) is 10.5 Å². The molecule has 1 aliphatic rings. The van der Waals surface area contributed by atoms with Crippen molar-refractivity contribution in [3.63, 3.8) is 0 Å². The maximum absolute atomic E-state index is 5.60. The van der Waals surface area contributed by atoms with E-state index in [0.29, 0.717) is 5.88 Å². The third-order valence-corrected chi connectivity index (χ3v) is 2.98. The third kappa shape index (κ3) is 2.35. The number of rotatable bonds is 4. The van der Waals surface area contributed by atoms with E-state index in [9.17, 15) is 0 Å². The lowest BCUT2D eigenvalue weighted by molar-refractivity contribution is 0.397. The van der Waals surface area contributed by atoms with Gasteiger partial charge in [0.05, 0.1) is 7.11 Å². The van der Waals surface area contributed by atoms with Crippen molar-refractivity contribution < 1.29 is 4.74 Å². The molecule has 3 N–H and O–H groups in total. The normalized spacial score (nSPS) is 15.9. The molecule has 5 nitrogen and oxygen atoms in total. The van der Waals surface area contributed by atoms with Crippen LogP contribution in [0.1, 0.15) is 26.7 Å². The molecule has 1 heterocycles. The average Bonchev–Trinajstić information content (AvgIpc) is 2.98. The minimum Gasteiger partial charge on any atom is -0.481 e. The maximum Gasteiger partial charge on any atom is 0.225 e. The molecule has 0 atom stereocenters.